The first-order valence-corrected chi connectivity index (χ1v) is 11.6. The number of carbonyl (C=O) groups is 1. The fourth-order valence-corrected chi connectivity index (χ4v) is 4.90. The first kappa shape index (κ1) is 21.0. The third-order valence-corrected chi connectivity index (χ3v) is 6.77. The van der Waals surface area contributed by atoms with Gasteiger partial charge in [0.25, 0.3) is 0 Å². The number of hydrogen-bond acceptors (Lipinski definition) is 5. The van der Waals surface area contributed by atoms with E-state index in [0.29, 0.717) is 11.8 Å². The Labute approximate surface area is 179 Å². The van der Waals surface area contributed by atoms with E-state index in [1.165, 1.54) is 12.8 Å². The summed E-state index contributed by atoms with van der Waals surface area (Å²) in [6.45, 7) is 7.00. The van der Waals surface area contributed by atoms with Gasteiger partial charge in [-0.25, -0.2) is 9.97 Å². The fourth-order valence-electron chi connectivity index (χ4n) is 4.90. The van der Waals surface area contributed by atoms with Crippen molar-refractivity contribution in [2.45, 2.75) is 84.0 Å². The molecule has 30 heavy (non-hydrogen) atoms. The maximum absolute atomic E-state index is 12.3. The van der Waals surface area contributed by atoms with Gasteiger partial charge in [-0.1, -0.05) is 31.8 Å². The molecule has 6 nitrogen and oxygen atoms in total. The minimum Gasteiger partial charge on any atom is -0.356 e. The third-order valence-electron chi connectivity index (χ3n) is 6.77. The van der Waals surface area contributed by atoms with Crippen molar-refractivity contribution in [2.75, 3.05) is 6.54 Å². The molecule has 0 unspecified atom stereocenters. The second-order valence-corrected chi connectivity index (χ2v) is 9.46. The van der Waals surface area contributed by atoms with Gasteiger partial charge in [0.2, 0.25) is 5.91 Å². The van der Waals surface area contributed by atoms with Crippen LogP contribution in [0.2, 0.25) is 0 Å². The maximum Gasteiger partial charge on any atom is 0.223 e. The summed E-state index contributed by atoms with van der Waals surface area (Å²) >= 11 is 0. The van der Waals surface area contributed by atoms with Gasteiger partial charge in [-0.3, -0.25) is 4.79 Å². The molecule has 0 aliphatic heterocycles. The van der Waals surface area contributed by atoms with E-state index in [2.05, 4.69) is 29.3 Å². The normalized spacial score (nSPS) is 22.5. The average Bonchev–Trinajstić information content (AvgIpc) is 3.44. The van der Waals surface area contributed by atoms with Crippen molar-refractivity contribution in [2.24, 2.45) is 11.8 Å². The summed E-state index contributed by atoms with van der Waals surface area (Å²) in [6, 6.07) is 1.96. The van der Waals surface area contributed by atoms with Crippen molar-refractivity contribution >= 4 is 5.91 Å². The highest BCUT2D eigenvalue weighted by Crippen LogP contribution is 2.39. The Balaban J connectivity index is 1.42. The predicted octanol–water partition coefficient (Wildman–Crippen LogP) is 5.14. The Bertz CT molecular complexity index is 862. The molecule has 2 heterocycles. The van der Waals surface area contributed by atoms with E-state index >= 15 is 0 Å². The van der Waals surface area contributed by atoms with Crippen LogP contribution in [0.4, 0.5) is 0 Å². The molecule has 2 aromatic heterocycles. The molecular formula is C24H34N4O2. The minimum atomic E-state index is 0.254. The minimum absolute atomic E-state index is 0.254. The van der Waals surface area contributed by atoms with Crippen LogP contribution < -0.4 is 5.32 Å². The highest BCUT2D eigenvalue weighted by Gasteiger charge is 2.29. The second kappa shape index (κ2) is 9.27. The van der Waals surface area contributed by atoms with Gasteiger partial charge in [-0.05, 0) is 51.4 Å². The van der Waals surface area contributed by atoms with Crippen molar-refractivity contribution < 1.29 is 9.32 Å². The van der Waals surface area contributed by atoms with Crippen LogP contribution in [0.3, 0.4) is 0 Å². The number of amides is 1. The highest BCUT2D eigenvalue weighted by atomic mass is 16.5. The second-order valence-electron chi connectivity index (χ2n) is 9.46. The maximum atomic E-state index is 12.3. The van der Waals surface area contributed by atoms with E-state index in [-0.39, 0.29) is 17.7 Å². The Morgan fingerprint density at radius 2 is 1.90 bits per heavy atom. The largest absolute Gasteiger partial charge is 0.356 e. The van der Waals surface area contributed by atoms with Gasteiger partial charge in [0.05, 0.1) is 17.0 Å². The summed E-state index contributed by atoms with van der Waals surface area (Å²) in [4.78, 5) is 21.9. The van der Waals surface area contributed by atoms with Crippen molar-refractivity contribution in [1.82, 2.24) is 20.4 Å². The lowest BCUT2D eigenvalue weighted by Gasteiger charge is -2.29. The average molecular weight is 411 g/mol. The van der Waals surface area contributed by atoms with Gasteiger partial charge in [0.1, 0.15) is 5.82 Å². The zero-order valence-corrected chi connectivity index (χ0v) is 18.5. The van der Waals surface area contributed by atoms with E-state index in [1.807, 2.05) is 19.2 Å². The number of nitrogens with zero attached hydrogens (tertiary/aromatic N) is 3. The zero-order valence-electron chi connectivity index (χ0n) is 18.5. The Morgan fingerprint density at radius 3 is 2.53 bits per heavy atom. The van der Waals surface area contributed by atoms with E-state index in [9.17, 15) is 4.79 Å². The van der Waals surface area contributed by atoms with Crippen LogP contribution in [0.1, 0.15) is 94.3 Å². The summed E-state index contributed by atoms with van der Waals surface area (Å²) in [5.74, 6) is 3.41. The molecule has 0 saturated heterocycles. The van der Waals surface area contributed by atoms with E-state index in [4.69, 9.17) is 9.51 Å². The molecule has 2 aliphatic carbocycles. The van der Waals surface area contributed by atoms with Crippen LogP contribution in [0.25, 0.3) is 11.3 Å². The molecule has 0 aromatic carbocycles. The van der Waals surface area contributed by atoms with Crippen molar-refractivity contribution in [1.29, 1.82) is 0 Å². The van der Waals surface area contributed by atoms with Crippen LogP contribution in [0.15, 0.2) is 16.8 Å². The topological polar surface area (TPSA) is 80.9 Å². The number of carbonyl (C=O) groups excluding carboxylic acids is 1. The molecule has 0 bridgehead atoms. The van der Waals surface area contributed by atoms with Crippen LogP contribution >= 0.6 is 0 Å². The van der Waals surface area contributed by atoms with E-state index in [0.717, 1.165) is 73.6 Å². The molecule has 6 heteroatoms. The van der Waals surface area contributed by atoms with E-state index in [1.54, 1.807) is 0 Å². The molecular weight excluding hydrogens is 376 g/mol. The third kappa shape index (κ3) is 4.73. The molecule has 1 amide bonds. The number of aryl methyl sites for hydroxylation is 1. The van der Waals surface area contributed by atoms with Gasteiger partial charge in [-0.2, -0.15) is 0 Å². The monoisotopic (exact) mass is 410 g/mol. The van der Waals surface area contributed by atoms with Crippen LogP contribution in [0.5, 0.6) is 0 Å². The zero-order chi connectivity index (χ0) is 21.1. The van der Waals surface area contributed by atoms with Crippen molar-refractivity contribution in [3.8, 4) is 11.3 Å². The fraction of sp³-hybridized carbons (Fsp3) is 0.667. The molecule has 0 atom stereocenters. The molecule has 162 valence electrons. The molecule has 0 spiro atoms. The van der Waals surface area contributed by atoms with Gasteiger partial charge >= 0.3 is 0 Å². The van der Waals surface area contributed by atoms with Crippen molar-refractivity contribution in [3.05, 3.63) is 29.5 Å². The van der Waals surface area contributed by atoms with Crippen LogP contribution in [0, 0.1) is 18.8 Å². The lowest BCUT2D eigenvalue weighted by atomic mass is 9.79. The summed E-state index contributed by atoms with van der Waals surface area (Å²) in [6.07, 6.45) is 10.8. The summed E-state index contributed by atoms with van der Waals surface area (Å²) < 4.78 is 5.54. The van der Waals surface area contributed by atoms with Gasteiger partial charge in [0.15, 0.2) is 5.76 Å². The first-order chi connectivity index (χ1) is 14.5. The first-order valence-electron chi connectivity index (χ1n) is 11.6. The number of rotatable bonds is 6. The lowest BCUT2D eigenvalue weighted by molar-refractivity contribution is -0.125. The van der Waals surface area contributed by atoms with Gasteiger partial charge < -0.3 is 9.84 Å². The summed E-state index contributed by atoms with van der Waals surface area (Å²) in [7, 11) is 0. The van der Waals surface area contributed by atoms with Crippen LogP contribution in [-0.4, -0.2) is 27.6 Å². The number of hydrogen-bond donors (Lipinski definition) is 1. The van der Waals surface area contributed by atoms with Gasteiger partial charge in [0, 0.05) is 36.6 Å². The number of nitrogens with one attached hydrogen (secondary N) is 1. The molecule has 2 aliphatic rings. The SMILES string of the molecule is Cc1cc(-c2cnc(C(C)C)nc2C2CCC(CNC(=O)C3CCCC3)CC2)on1. The molecule has 1 N–H and O–H groups in total. The Kier molecular flexibility index (Phi) is 6.49. The van der Waals surface area contributed by atoms with E-state index < -0.39 is 0 Å². The molecule has 4 rings (SSSR count). The summed E-state index contributed by atoms with van der Waals surface area (Å²) in [5, 5.41) is 7.28. The molecule has 0 radical (unpaired) electrons. The summed E-state index contributed by atoms with van der Waals surface area (Å²) in [5.41, 5.74) is 2.93. The van der Waals surface area contributed by atoms with Crippen LogP contribution in [-0.2, 0) is 4.79 Å². The standard InChI is InChI=1S/C24H34N4O2/c1-15(2)23-25-14-20(21-12-16(3)28-30-21)22(27-23)18-10-8-17(9-11-18)13-26-24(29)19-6-4-5-7-19/h12,14-15,17-19H,4-11,13H2,1-3H3,(H,26,29). The smallest absolute Gasteiger partial charge is 0.223 e. The van der Waals surface area contributed by atoms with Gasteiger partial charge in [-0.15, -0.1) is 0 Å². The van der Waals surface area contributed by atoms with Crippen molar-refractivity contribution in [3.63, 3.8) is 0 Å². The lowest BCUT2D eigenvalue weighted by Crippen LogP contribution is -2.34. The highest BCUT2D eigenvalue weighted by molar-refractivity contribution is 5.78. The number of aromatic nitrogens is 3. The molecule has 2 aromatic rings. The Morgan fingerprint density at radius 1 is 1.17 bits per heavy atom. The molecule has 2 saturated carbocycles. The predicted molar refractivity (Wildman–Crippen MR) is 116 cm³/mol. The Hall–Kier alpha value is -2.24. The quantitative estimate of drug-likeness (QED) is 0.713. The molecule has 2 fully saturated rings.